The Bertz CT molecular complexity index is 2060. The van der Waals surface area contributed by atoms with E-state index in [4.69, 9.17) is 0 Å². The highest BCUT2D eigenvalue weighted by Crippen LogP contribution is 2.58. The minimum atomic E-state index is -1.53. The van der Waals surface area contributed by atoms with Crippen LogP contribution in [0.5, 0.6) is 0 Å². The maximum atomic E-state index is 10.3. The summed E-state index contributed by atoms with van der Waals surface area (Å²) in [5, 5.41) is 23.3. The van der Waals surface area contributed by atoms with E-state index in [9.17, 15) is 10.0 Å². The van der Waals surface area contributed by atoms with Gasteiger partial charge in [0.1, 0.15) is 0 Å². The average molecular weight is 552 g/mol. The van der Waals surface area contributed by atoms with Crippen LogP contribution in [0.1, 0.15) is 49.9 Å². The molecule has 0 saturated heterocycles. The third-order valence-electron chi connectivity index (χ3n) is 9.43. The molecule has 3 nitrogen and oxygen atoms in total. The standard InChI is InChI=1S/C36H30BNO2S/c1-35(2)25-14-6-7-16-28(25)38(30-20-32-24(19-26(30)35)21-11-5-8-18-31(21)41-32)29-17-10-13-23-22-12-9-15-27(37(39)40)33(22)36(3,4)34(23)29/h5-20,39-40H,1-4H3. The molecular weight excluding hydrogens is 521 g/mol. The van der Waals surface area contributed by atoms with E-state index < -0.39 is 12.5 Å². The monoisotopic (exact) mass is 551 g/mol. The van der Waals surface area contributed by atoms with Gasteiger partial charge < -0.3 is 14.9 Å². The molecule has 2 heterocycles. The molecule has 41 heavy (non-hydrogen) atoms. The fourth-order valence-corrected chi connectivity index (χ4v) is 8.74. The second kappa shape index (κ2) is 8.33. The van der Waals surface area contributed by atoms with Crippen molar-refractivity contribution >= 4 is 61.2 Å². The van der Waals surface area contributed by atoms with Crippen LogP contribution in [0, 0.1) is 0 Å². The third-order valence-corrected chi connectivity index (χ3v) is 10.6. The van der Waals surface area contributed by atoms with E-state index in [-0.39, 0.29) is 5.41 Å². The number of thiophene rings is 1. The van der Waals surface area contributed by atoms with Gasteiger partial charge in [-0.3, -0.25) is 0 Å². The molecular formula is C36H30BNO2S. The summed E-state index contributed by atoms with van der Waals surface area (Å²) in [4.78, 5) is 2.46. The molecule has 1 aliphatic carbocycles. The largest absolute Gasteiger partial charge is 0.488 e. The summed E-state index contributed by atoms with van der Waals surface area (Å²) in [5.74, 6) is 0. The first-order valence-corrected chi connectivity index (χ1v) is 15.0. The average Bonchev–Trinajstić information content (AvgIpc) is 3.44. The highest BCUT2D eigenvalue weighted by atomic mass is 32.1. The van der Waals surface area contributed by atoms with Crippen LogP contribution in [0.4, 0.5) is 17.1 Å². The Balaban J connectivity index is 1.46. The normalized spacial score (nSPS) is 15.9. The van der Waals surface area contributed by atoms with Crippen molar-refractivity contribution in [3.63, 3.8) is 0 Å². The summed E-state index contributed by atoms with van der Waals surface area (Å²) < 4.78 is 2.59. The molecule has 6 aromatic rings. The van der Waals surface area contributed by atoms with Crippen LogP contribution >= 0.6 is 11.3 Å². The SMILES string of the molecule is CC1(C)c2ccccc2N(c2cccc3c2C(C)(C)c2c(B(O)O)cccc2-3)c2cc3sc4ccccc4c3cc21. The Kier molecular flexibility index (Phi) is 5.05. The van der Waals surface area contributed by atoms with Crippen LogP contribution in [-0.4, -0.2) is 17.2 Å². The molecule has 0 radical (unpaired) electrons. The maximum absolute atomic E-state index is 10.3. The van der Waals surface area contributed by atoms with Gasteiger partial charge in [0.15, 0.2) is 0 Å². The number of rotatable bonds is 2. The Morgan fingerprint density at radius 3 is 2.07 bits per heavy atom. The van der Waals surface area contributed by atoms with Gasteiger partial charge in [0.2, 0.25) is 0 Å². The van der Waals surface area contributed by atoms with E-state index in [0.717, 1.165) is 22.4 Å². The minimum Gasteiger partial charge on any atom is -0.423 e. The van der Waals surface area contributed by atoms with Crippen molar-refractivity contribution < 1.29 is 10.0 Å². The van der Waals surface area contributed by atoms with E-state index in [2.05, 4.69) is 118 Å². The number of hydrogen-bond acceptors (Lipinski definition) is 4. The van der Waals surface area contributed by atoms with E-state index in [1.165, 1.54) is 48.2 Å². The first-order valence-electron chi connectivity index (χ1n) is 14.2. The molecule has 5 heteroatoms. The molecule has 2 N–H and O–H groups in total. The van der Waals surface area contributed by atoms with E-state index in [1.807, 2.05) is 23.5 Å². The lowest BCUT2D eigenvalue weighted by molar-refractivity contribution is 0.424. The fourth-order valence-electron chi connectivity index (χ4n) is 7.62. The summed E-state index contributed by atoms with van der Waals surface area (Å²) in [6.07, 6.45) is 0. The molecule has 2 aliphatic rings. The van der Waals surface area contributed by atoms with Crippen LogP contribution in [0.25, 0.3) is 31.3 Å². The van der Waals surface area contributed by atoms with Gasteiger partial charge in [0.05, 0.1) is 17.1 Å². The van der Waals surface area contributed by atoms with Crippen molar-refractivity contribution in [1.82, 2.24) is 0 Å². The quantitative estimate of drug-likeness (QED) is 0.214. The molecule has 0 saturated carbocycles. The Labute approximate surface area is 244 Å². The number of para-hydroxylation sites is 1. The van der Waals surface area contributed by atoms with Gasteiger partial charge in [0.25, 0.3) is 0 Å². The zero-order valence-electron chi connectivity index (χ0n) is 23.6. The molecule has 0 amide bonds. The summed E-state index contributed by atoms with van der Waals surface area (Å²) in [6.45, 7) is 9.10. The van der Waals surface area contributed by atoms with E-state index >= 15 is 0 Å². The van der Waals surface area contributed by atoms with Crippen LogP contribution in [0.15, 0.2) is 97.1 Å². The van der Waals surface area contributed by atoms with Crippen LogP contribution < -0.4 is 10.4 Å². The first-order chi connectivity index (χ1) is 19.7. The Hall–Kier alpha value is -3.90. The molecule has 5 aromatic carbocycles. The van der Waals surface area contributed by atoms with Gasteiger partial charge in [0, 0.05) is 31.0 Å². The summed E-state index contributed by atoms with van der Waals surface area (Å²) in [6, 6.07) is 34.7. The van der Waals surface area contributed by atoms with E-state index in [0.29, 0.717) is 5.46 Å². The minimum absolute atomic E-state index is 0.190. The summed E-state index contributed by atoms with van der Waals surface area (Å²) in [7, 11) is -1.53. The Morgan fingerprint density at radius 1 is 0.585 bits per heavy atom. The van der Waals surface area contributed by atoms with Crippen molar-refractivity contribution in [3.05, 3.63) is 119 Å². The van der Waals surface area contributed by atoms with Crippen LogP contribution in [-0.2, 0) is 10.8 Å². The van der Waals surface area contributed by atoms with Crippen molar-refractivity contribution in [1.29, 1.82) is 0 Å². The molecule has 8 rings (SSSR count). The molecule has 0 spiro atoms. The second-order valence-electron chi connectivity index (χ2n) is 12.4. The lowest BCUT2D eigenvalue weighted by Gasteiger charge is -2.43. The lowest BCUT2D eigenvalue weighted by Crippen LogP contribution is -2.37. The highest BCUT2D eigenvalue weighted by molar-refractivity contribution is 7.25. The van der Waals surface area contributed by atoms with Gasteiger partial charge in [-0.25, -0.2) is 0 Å². The zero-order valence-corrected chi connectivity index (χ0v) is 24.4. The molecule has 0 atom stereocenters. The number of anilines is 3. The molecule has 0 fully saturated rings. The second-order valence-corrected chi connectivity index (χ2v) is 13.5. The molecule has 0 bridgehead atoms. The fraction of sp³-hybridized carbons (Fsp3) is 0.167. The van der Waals surface area contributed by atoms with Gasteiger partial charge in [-0.1, -0.05) is 94.4 Å². The third kappa shape index (κ3) is 3.23. The number of nitrogens with zero attached hydrogens (tertiary/aromatic N) is 1. The molecule has 1 aromatic heterocycles. The molecule has 1 aliphatic heterocycles. The number of benzene rings is 5. The van der Waals surface area contributed by atoms with Gasteiger partial charge in [-0.15, -0.1) is 11.3 Å². The summed E-state index contributed by atoms with van der Waals surface area (Å²) in [5.41, 5.74) is 10.5. The van der Waals surface area contributed by atoms with Crippen LogP contribution in [0.2, 0.25) is 0 Å². The van der Waals surface area contributed by atoms with Crippen molar-refractivity contribution in [2.24, 2.45) is 0 Å². The molecule has 0 unspecified atom stereocenters. The lowest BCUT2D eigenvalue weighted by atomic mass is 9.69. The molecule has 200 valence electrons. The van der Waals surface area contributed by atoms with Crippen molar-refractivity contribution in [2.75, 3.05) is 4.90 Å². The van der Waals surface area contributed by atoms with Crippen molar-refractivity contribution in [3.8, 4) is 11.1 Å². The van der Waals surface area contributed by atoms with Crippen molar-refractivity contribution in [2.45, 2.75) is 38.5 Å². The van der Waals surface area contributed by atoms with Crippen LogP contribution in [0.3, 0.4) is 0 Å². The zero-order chi connectivity index (χ0) is 28.3. The summed E-state index contributed by atoms with van der Waals surface area (Å²) >= 11 is 1.85. The smallest absolute Gasteiger partial charge is 0.423 e. The number of hydrogen-bond donors (Lipinski definition) is 2. The maximum Gasteiger partial charge on any atom is 0.488 e. The Morgan fingerprint density at radius 2 is 1.27 bits per heavy atom. The van der Waals surface area contributed by atoms with Gasteiger partial charge >= 0.3 is 7.12 Å². The predicted molar refractivity (Wildman–Crippen MR) is 174 cm³/mol. The topological polar surface area (TPSA) is 43.7 Å². The number of fused-ring (bicyclic) bond motifs is 8. The van der Waals surface area contributed by atoms with Gasteiger partial charge in [-0.2, -0.15) is 0 Å². The predicted octanol–water partition coefficient (Wildman–Crippen LogP) is 8.15. The highest BCUT2D eigenvalue weighted by Gasteiger charge is 2.44. The first kappa shape index (κ1) is 24.9. The van der Waals surface area contributed by atoms with E-state index in [1.54, 1.807) is 0 Å². The van der Waals surface area contributed by atoms with Gasteiger partial charge in [-0.05, 0) is 69.2 Å².